The summed E-state index contributed by atoms with van der Waals surface area (Å²) in [5.74, 6) is -5.52. The van der Waals surface area contributed by atoms with Crippen LogP contribution in [0.4, 0.5) is 4.79 Å². The van der Waals surface area contributed by atoms with Crippen LogP contribution in [0.3, 0.4) is 0 Å². The standard InChI is InChI=1S/C46H63NO16/c1-22(2)17-27(47-41(53)63-42(6,7)8)33(50)39(52)58-28-19-45(43(9,10)54)32(23(28)3)34(57-24(4)48)36-44(11)30(59-40(61-36)29-20-55-29)18-31-46(21-56-31,62-25(5)49)35(44)37(45)60-38(51)26-15-13-12-14-16-26/h12-16,22,27-31,33-37,40,50,54H,17-21H2,1-11H3,(H,47,53)/t27-,28-,29?,30?,31+,33+,34-,35-,36?,37-,40?,44+,45-,46-/m0/s1/i6D3,7D3,8D3. The number of hydrogen-bond donors (Lipinski definition) is 3. The minimum absolute atomic E-state index is 0.0886. The first-order valence-electron chi connectivity index (χ1n) is 25.6. The summed E-state index contributed by atoms with van der Waals surface area (Å²) in [5.41, 5.74) is -10.8. The van der Waals surface area contributed by atoms with Crippen molar-refractivity contribution >= 4 is 30.0 Å². The van der Waals surface area contributed by atoms with Crippen LogP contribution in [0.1, 0.15) is 118 Å². The van der Waals surface area contributed by atoms with Gasteiger partial charge in [-0.2, -0.15) is 0 Å². The van der Waals surface area contributed by atoms with E-state index in [1.54, 1.807) is 39.0 Å². The lowest BCUT2D eigenvalue weighted by atomic mass is 9.49. The lowest BCUT2D eigenvalue weighted by molar-refractivity contribution is -0.400. The lowest BCUT2D eigenvalue weighted by Gasteiger charge is -2.67. The SMILES string of the molecule is [2H]C([2H])([2H])C(OC(=O)N[C@@H](CC(C)C)[C@@H](O)C(=O)O[C@H]1C[C@]2(C(C)(C)O)C(=C1C)[C@H](OC(C)=O)C1OC(C3CO3)OC3C[C@H]4OC[C@@]4(OC(C)=O)[C@@H]([C@@H]2OC(=O)c2ccccc2)[C@@]31C)(C([2H])([2H])[2H])C([2H])([2H])[2H]. The van der Waals surface area contributed by atoms with Gasteiger partial charge in [-0.05, 0) is 76.9 Å². The normalized spacial score (nSPS) is 39.2. The van der Waals surface area contributed by atoms with E-state index >= 15 is 0 Å². The monoisotopic (exact) mass is 894 g/mol. The summed E-state index contributed by atoms with van der Waals surface area (Å²) < 4.78 is 127. The second kappa shape index (κ2) is 16.7. The summed E-state index contributed by atoms with van der Waals surface area (Å²) in [7, 11) is 0. The third kappa shape index (κ3) is 8.37. The molecule has 14 atom stereocenters. The predicted molar refractivity (Wildman–Crippen MR) is 219 cm³/mol. The highest BCUT2D eigenvalue weighted by Gasteiger charge is 2.81. The van der Waals surface area contributed by atoms with Crippen molar-refractivity contribution in [2.75, 3.05) is 13.2 Å². The number of carbonyl (C=O) groups excluding carboxylic acids is 5. The average molecular weight is 895 g/mol. The lowest BCUT2D eigenvalue weighted by Crippen LogP contribution is -2.80. The van der Waals surface area contributed by atoms with E-state index in [1.165, 1.54) is 39.8 Å². The zero-order valence-electron chi connectivity index (χ0n) is 45.5. The highest BCUT2D eigenvalue weighted by atomic mass is 16.7. The van der Waals surface area contributed by atoms with E-state index in [1.807, 2.05) is 0 Å². The third-order valence-electron chi connectivity index (χ3n) is 13.6. The molecular weight excluding hydrogens is 822 g/mol. The van der Waals surface area contributed by atoms with E-state index in [9.17, 15) is 34.2 Å². The number of amides is 1. The van der Waals surface area contributed by atoms with Crippen LogP contribution in [-0.2, 0) is 57.0 Å². The van der Waals surface area contributed by atoms with Crippen LogP contribution >= 0.6 is 0 Å². The fourth-order valence-corrected chi connectivity index (χ4v) is 11.0. The van der Waals surface area contributed by atoms with Crippen molar-refractivity contribution in [3.63, 3.8) is 0 Å². The van der Waals surface area contributed by atoms with Gasteiger partial charge in [0.25, 0.3) is 0 Å². The molecule has 2 saturated carbocycles. The zero-order chi connectivity index (χ0) is 53.7. The smallest absolute Gasteiger partial charge is 0.407 e. The number of rotatable bonds is 12. The highest BCUT2D eigenvalue weighted by Crippen LogP contribution is 2.70. The van der Waals surface area contributed by atoms with Crippen LogP contribution in [0.2, 0.25) is 0 Å². The highest BCUT2D eigenvalue weighted by molar-refractivity contribution is 5.89. The van der Waals surface area contributed by atoms with E-state index in [0.29, 0.717) is 0 Å². The van der Waals surface area contributed by atoms with Crippen LogP contribution < -0.4 is 5.32 Å². The van der Waals surface area contributed by atoms with E-state index in [0.717, 1.165) is 6.92 Å². The topological polar surface area (TPSA) is 224 Å². The Kier molecular flexibility index (Phi) is 9.58. The van der Waals surface area contributed by atoms with Gasteiger partial charge in [0.2, 0.25) is 0 Å². The van der Waals surface area contributed by atoms with Crippen molar-refractivity contribution < 1.29 is 89.2 Å². The molecule has 0 radical (unpaired) electrons. The maximum absolute atomic E-state index is 14.7. The molecule has 17 heteroatoms. The number of aliphatic hydroxyl groups is 2. The van der Waals surface area contributed by atoms with Gasteiger partial charge >= 0.3 is 30.0 Å². The average Bonchev–Trinajstić information content (AvgIpc) is 4.05. The summed E-state index contributed by atoms with van der Waals surface area (Å²) >= 11 is 0. The molecule has 7 rings (SSSR count). The second-order valence-electron chi connectivity index (χ2n) is 18.7. The van der Waals surface area contributed by atoms with Crippen LogP contribution in [0.25, 0.3) is 0 Å². The number of carbonyl (C=O) groups is 5. The Hall–Kier alpha value is -4.13. The van der Waals surface area contributed by atoms with E-state index in [2.05, 4.69) is 5.32 Å². The molecule has 1 amide bonds. The number of nitrogens with one attached hydrogen (secondary N) is 1. The van der Waals surface area contributed by atoms with Gasteiger partial charge in [-0.3, -0.25) is 9.59 Å². The predicted octanol–water partition coefficient (Wildman–Crippen LogP) is 4.08. The molecule has 17 nitrogen and oxygen atoms in total. The fourth-order valence-electron chi connectivity index (χ4n) is 11.0. The molecule has 63 heavy (non-hydrogen) atoms. The number of esters is 4. The van der Waals surface area contributed by atoms with Gasteiger partial charge < -0.3 is 58.2 Å². The van der Waals surface area contributed by atoms with Crippen molar-refractivity contribution in [2.24, 2.45) is 22.7 Å². The molecule has 0 aromatic heterocycles. The van der Waals surface area contributed by atoms with Crippen molar-refractivity contribution in [2.45, 2.75) is 173 Å². The number of aliphatic hydroxyl groups excluding tert-OH is 1. The van der Waals surface area contributed by atoms with Crippen molar-refractivity contribution in [1.82, 2.24) is 5.32 Å². The minimum Gasteiger partial charge on any atom is -0.457 e. The molecule has 1 aromatic carbocycles. The van der Waals surface area contributed by atoms with Gasteiger partial charge in [0, 0.05) is 44.4 Å². The summed E-state index contributed by atoms with van der Waals surface area (Å²) in [6.07, 6.45) is -14.0. The van der Waals surface area contributed by atoms with Crippen molar-refractivity contribution in [3.05, 3.63) is 47.0 Å². The molecule has 4 unspecified atom stereocenters. The minimum atomic E-state index is -4.05. The Bertz CT molecular complexity index is 2280. The summed E-state index contributed by atoms with van der Waals surface area (Å²) in [6, 6.07) is 6.17. The van der Waals surface area contributed by atoms with Gasteiger partial charge in [-0.15, -0.1) is 0 Å². The molecule has 3 N–H and O–H groups in total. The Balaban J connectivity index is 1.37. The molecule has 3 heterocycles. The fraction of sp³-hybridized carbons (Fsp3) is 0.717. The van der Waals surface area contributed by atoms with Crippen LogP contribution in [0.5, 0.6) is 0 Å². The summed E-state index contributed by atoms with van der Waals surface area (Å²) in [5, 5.41) is 26.9. The largest absolute Gasteiger partial charge is 0.457 e. The molecule has 0 spiro atoms. The van der Waals surface area contributed by atoms with Crippen molar-refractivity contribution in [1.29, 1.82) is 0 Å². The van der Waals surface area contributed by atoms with Crippen LogP contribution in [-0.4, -0.2) is 131 Å². The molecule has 348 valence electrons. The first kappa shape index (κ1) is 36.1. The number of alkyl carbamates (subject to hydrolysis) is 1. The number of epoxide rings is 1. The number of benzene rings is 1. The first-order valence-corrected chi connectivity index (χ1v) is 21.1. The van der Waals surface area contributed by atoms with Gasteiger partial charge in [0.15, 0.2) is 24.1 Å². The number of hydrogen-bond acceptors (Lipinski definition) is 16. The molecule has 1 aromatic rings. The van der Waals surface area contributed by atoms with Gasteiger partial charge in [0.05, 0.1) is 47.9 Å². The van der Waals surface area contributed by atoms with Gasteiger partial charge in [0.1, 0.15) is 36.1 Å². The molecule has 5 fully saturated rings. The number of fused-ring (bicyclic) bond motifs is 3. The molecule has 3 saturated heterocycles. The van der Waals surface area contributed by atoms with E-state index in [4.69, 9.17) is 55.0 Å². The maximum Gasteiger partial charge on any atom is 0.407 e. The van der Waals surface area contributed by atoms with Crippen LogP contribution in [0.15, 0.2) is 41.5 Å². The zero-order valence-corrected chi connectivity index (χ0v) is 36.5. The second-order valence-corrected chi connectivity index (χ2v) is 18.7. The molecular formula is C46H63NO16. The Morgan fingerprint density at radius 1 is 0.984 bits per heavy atom. The molecule has 6 aliphatic rings. The Morgan fingerprint density at radius 3 is 2.22 bits per heavy atom. The maximum atomic E-state index is 14.7. The summed E-state index contributed by atoms with van der Waals surface area (Å²) in [6.45, 7) is -0.0281. The van der Waals surface area contributed by atoms with Crippen LogP contribution in [0, 0.1) is 22.7 Å². The summed E-state index contributed by atoms with van der Waals surface area (Å²) in [4.78, 5) is 69.5. The van der Waals surface area contributed by atoms with Gasteiger partial charge in [-0.25, -0.2) is 14.4 Å². The Labute approximate surface area is 380 Å². The van der Waals surface area contributed by atoms with E-state index in [-0.39, 0.29) is 42.8 Å². The molecule has 0 bridgehead atoms. The quantitative estimate of drug-likeness (QED) is 0.116. The van der Waals surface area contributed by atoms with E-state index < -0.39 is 158 Å². The first-order chi connectivity index (χ1) is 33.1. The van der Waals surface area contributed by atoms with Crippen molar-refractivity contribution in [3.8, 4) is 0 Å². The Morgan fingerprint density at radius 2 is 1.67 bits per heavy atom. The number of ether oxygens (including phenoxy) is 9. The molecule has 3 aliphatic carbocycles. The third-order valence-corrected chi connectivity index (χ3v) is 13.6. The molecule has 3 aliphatic heterocycles. The van der Waals surface area contributed by atoms with Gasteiger partial charge in [-0.1, -0.05) is 39.0 Å².